The van der Waals surface area contributed by atoms with E-state index in [1.807, 2.05) is 53.9 Å². The first kappa shape index (κ1) is 17.2. The molecule has 0 aliphatic heterocycles. The lowest BCUT2D eigenvalue weighted by Gasteiger charge is -2.14. The van der Waals surface area contributed by atoms with Crippen LogP contribution in [0.4, 0.5) is 5.69 Å². The minimum absolute atomic E-state index is 0.000110. The summed E-state index contributed by atoms with van der Waals surface area (Å²) in [6.45, 7) is 0.430. The molecule has 0 bridgehead atoms. The zero-order valence-electron chi connectivity index (χ0n) is 14.8. The van der Waals surface area contributed by atoms with Gasteiger partial charge in [-0.05, 0) is 24.3 Å². The van der Waals surface area contributed by atoms with Crippen molar-refractivity contribution in [3.63, 3.8) is 0 Å². The zero-order chi connectivity index (χ0) is 18.8. The molecule has 0 fully saturated rings. The molecule has 0 radical (unpaired) electrons. The number of aromatic amines is 1. The van der Waals surface area contributed by atoms with Crippen LogP contribution in [0.15, 0.2) is 53.9 Å². The second-order valence-corrected chi connectivity index (χ2v) is 7.25. The summed E-state index contributed by atoms with van der Waals surface area (Å²) in [7, 11) is 1.78. The zero-order valence-corrected chi connectivity index (χ0v) is 15.7. The molecule has 27 heavy (non-hydrogen) atoms. The van der Waals surface area contributed by atoms with Crippen LogP contribution in [0.25, 0.3) is 21.6 Å². The number of thiazole rings is 1. The van der Waals surface area contributed by atoms with E-state index in [0.717, 1.165) is 33.1 Å². The van der Waals surface area contributed by atoms with E-state index in [4.69, 9.17) is 5.73 Å². The van der Waals surface area contributed by atoms with Gasteiger partial charge in [-0.15, -0.1) is 11.3 Å². The number of rotatable bonds is 5. The van der Waals surface area contributed by atoms with Crippen LogP contribution in [0.5, 0.6) is 0 Å². The topological polar surface area (TPSA) is 87.9 Å². The van der Waals surface area contributed by atoms with Crippen molar-refractivity contribution in [3.05, 3.63) is 65.4 Å². The highest BCUT2D eigenvalue weighted by Crippen LogP contribution is 2.25. The monoisotopic (exact) mass is 377 g/mol. The van der Waals surface area contributed by atoms with E-state index in [2.05, 4.69) is 15.0 Å². The highest BCUT2D eigenvalue weighted by molar-refractivity contribution is 7.13. The highest BCUT2D eigenvalue weighted by atomic mass is 32.1. The Balaban J connectivity index is 1.42. The minimum atomic E-state index is -0.000110. The number of aromatic nitrogens is 3. The van der Waals surface area contributed by atoms with E-state index < -0.39 is 0 Å². The fourth-order valence-corrected chi connectivity index (χ4v) is 3.69. The van der Waals surface area contributed by atoms with Gasteiger partial charge in [-0.2, -0.15) is 0 Å². The first-order chi connectivity index (χ1) is 13.1. The average Bonchev–Trinajstić information content (AvgIpc) is 3.28. The third kappa shape index (κ3) is 3.83. The number of hydrogen-bond donors (Lipinski definition) is 2. The molecule has 0 saturated carbocycles. The Hall–Kier alpha value is -3.19. The molecule has 4 rings (SSSR count). The van der Waals surface area contributed by atoms with Gasteiger partial charge in [0, 0.05) is 23.7 Å². The number of imidazole rings is 1. The third-order valence-corrected chi connectivity index (χ3v) is 5.21. The second-order valence-electron chi connectivity index (χ2n) is 6.40. The van der Waals surface area contributed by atoms with E-state index in [9.17, 15) is 4.79 Å². The van der Waals surface area contributed by atoms with Gasteiger partial charge >= 0.3 is 0 Å². The van der Waals surface area contributed by atoms with Gasteiger partial charge in [-0.25, -0.2) is 9.97 Å². The van der Waals surface area contributed by atoms with Crippen LogP contribution in [-0.4, -0.2) is 32.8 Å². The SMILES string of the molecule is CN(Cc1nc2ccccc2[nH]1)C(=O)Cc1csc(-c2cccc(N)c2)n1. The maximum atomic E-state index is 12.6. The maximum Gasteiger partial charge on any atom is 0.228 e. The normalized spacial score (nSPS) is 11.0. The number of nitrogens with two attached hydrogens (primary N) is 1. The lowest BCUT2D eigenvalue weighted by Crippen LogP contribution is -2.28. The predicted octanol–water partition coefficient (Wildman–Crippen LogP) is 3.47. The molecule has 4 aromatic rings. The van der Waals surface area contributed by atoms with Crippen LogP contribution in [0.2, 0.25) is 0 Å². The highest BCUT2D eigenvalue weighted by Gasteiger charge is 2.15. The average molecular weight is 377 g/mol. The van der Waals surface area contributed by atoms with E-state index >= 15 is 0 Å². The van der Waals surface area contributed by atoms with Gasteiger partial charge in [0.1, 0.15) is 10.8 Å². The van der Waals surface area contributed by atoms with Crippen LogP contribution in [-0.2, 0) is 17.8 Å². The summed E-state index contributed by atoms with van der Waals surface area (Å²) in [6.07, 6.45) is 0.259. The number of carbonyl (C=O) groups is 1. The van der Waals surface area contributed by atoms with Crippen LogP contribution in [0, 0.1) is 0 Å². The van der Waals surface area contributed by atoms with Gasteiger partial charge in [0.2, 0.25) is 5.91 Å². The summed E-state index contributed by atoms with van der Waals surface area (Å²) < 4.78 is 0. The molecule has 2 aromatic heterocycles. The van der Waals surface area contributed by atoms with Crippen molar-refractivity contribution >= 4 is 34.0 Å². The molecule has 2 aromatic carbocycles. The Kier molecular flexibility index (Phi) is 4.60. The molecule has 0 saturated heterocycles. The number of nitrogens with zero attached hydrogens (tertiary/aromatic N) is 3. The number of H-pyrrole nitrogens is 1. The van der Waals surface area contributed by atoms with E-state index in [1.54, 1.807) is 11.9 Å². The number of nitrogens with one attached hydrogen (secondary N) is 1. The lowest BCUT2D eigenvalue weighted by molar-refractivity contribution is -0.129. The molecule has 0 aliphatic carbocycles. The van der Waals surface area contributed by atoms with Crippen molar-refractivity contribution < 1.29 is 4.79 Å². The third-order valence-electron chi connectivity index (χ3n) is 4.27. The summed E-state index contributed by atoms with van der Waals surface area (Å²) in [5, 5.41) is 2.79. The van der Waals surface area contributed by atoms with Crippen molar-refractivity contribution in [2.45, 2.75) is 13.0 Å². The molecule has 1 amide bonds. The van der Waals surface area contributed by atoms with Crippen molar-refractivity contribution in [1.29, 1.82) is 0 Å². The number of fused-ring (bicyclic) bond motifs is 1. The van der Waals surface area contributed by atoms with Crippen LogP contribution >= 0.6 is 11.3 Å². The van der Waals surface area contributed by atoms with E-state index in [1.165, 1.54) is 11.3 Å². The molecular formula is C20H19N5OS. The minimum Gasteiger partial charge on any atom is -0.399 e. The quantitative estimate of drug-likeness (QED) is 0.521. The number of hydrogen-bond acceptors (Lipinski definition) is 5. The summed E-state index contributed by atoms with van der Waals surface area (Å²) in [5.74, 6) is 0.769. The Morgan fingerprint density at radius 2 is 2.04 bits per heavy atom. The molecule has 0 unspecified atom stereocenters. The number of anilines is 1. The molecule has 0 aliphatic rings. The molecule has 0 spiro atoms. The first-order valence-corrected chi connectivity index (χ1v) is 9.44. The first-order valence-electron chi connectivity index (χ1n) is 8.56. The summed E-state index contributed by atoms with van der Waals surface area (Å²) in [4.78, 5) is 26.6. The second kappa shape index (κ2) is 7.20. The molecular weight excluding hydrogens is 358 g/mol. The van der Waals surface area contributed by atoms with Gasteiger partial charge in [0.15, 0.2) is 0 Å². The number of para-hydroxylation sites is 2. The largest absolute Gasteiger partial charge is 0.399 e. The summed E-state index contributed by atoms with van der Waals surface area (Å²) >= 11 is 1.52. The molecule has 136 valence electrons. The van der Waals surface area contributed by atoms with Crippen molar-refractivity contribution in [2.75, 3.05) is 12.8 Å². The predicted molar refractivity (Wildman–Crippen MR) is 108 cm³/mol. The van der Waals surface area contributed by atoms with Gasteiger partial charge in [-0.3, -0.25) is 4.79 Å². The Morgan fingerprint density at radius 3 is 2.85 bits per heavy atom. The fourth-order valence-electron chi connectivity index (χ4n) is 2.88. The Bertz CT molecular complexity index is 1070. The summed E-state index contributed by atoms with van der Waals surface area (Å²) in [6, 6.07) is 15.4. The van der Waals surface area contributed by atoms with Gasteiger partial charge in [-0.1, -0.05) is 24.3 Å². The number of carbonyl (C=O) groups excluding carboxylic acids is 1. The number of likely N-dealkylation sites (N-methyl/N-ethyl adjacent to an activating group) is 1. The van der Waals surface area contributed by atoms with Crippen molar-refractivity contribution in [2.24, 2.45) is 0 Å². The molecule has 7 heteroatoms. The maximum absolute atomic E-state index is 12.6. The molecule has 3 N–H and O–H groups in total. The van der Waals surface area contributed by atoms with Crippen molar-refractivity contribution in [1.82, 2.24) is 19.9 Å². The van der Waals surface area contributed by atoms with Gasteiger partial charge in [0.05, 0.1) is 29.7 Å². The van der Waals surface area contributed by atoms with E-state index in [-0.39, 0.29) is 12.3 Å². The van der Waals surface area contributed by atoms with E-state index in [0.29, 0.717) is 12.2 Å². The fraction of sp³-hybridized carbons (Fsp3) is 0.150. The van der Waals surface area contributed by atoms with Crippen molar-refractivity contribution in [3.8, 4) is 10.6 Å². The van der Waals surface area contributed by atoms with Crippen LogP contribution < -0.4 is 5.73 Å². The number of benzene rings is 2. The summed E-state index contributed by atoms with van der Waals surface area (Å²) in [5.41, 5.74) is 10.1. The number of nitrogen functional groups attached to an aromatic ring is 1. The molecule has 6 nitrogen and oxygen atoms in total. The lowest BCUT2D eigenvalue weighted by atomic mass is 10.2. The molecule has 2 heterocycles. The standard InChI is InChI=1S/C20H19N5OS/c1-25(11-18-23-16-7-2-3-8-17(16)24-18)19(26)10-15-12-27-20(22-15)13-5-4-6-14(21)9-13/h2-9,12H,10-11,21H2,1H3,(H,23,24). The smallest absolute Gasteiger partial charge is 0.228 e. The Morgan fingerprint density at radius 1 is 1.19 bits per heavy atom. The van der Waals surface area contributed by atoms with Crippen LogP contribution in [0.3, 0.4) is 0 Å². The van der Waals surface area contributed by atoms with Crippen LogP contribution in [0.1, 0.15) is 11.5 Å². The Labute approximate surface area is 160 Å². The van der Waals surface area contributed by atoms with Gasteiger partial charge < -0.3 is 15.6 Å². The molecule has 0 atom stereocenters. The number of amides is 1. The van der Waals surface area contributed by atoms with Gasteiger partial charge in [0.25, 0.3) is 0 Å².